The predicted molar refractivity (Wildman–Crippen MR) is 170 cm³/mol. The molecule has 0 aliphatic carbocycles. The Hall–Kier alpha value is -4.44. The first-order valence-electron chi connectivity index (χ1n) is 13.4. The molecular formula is C33H24Cl2FN3O4S. The van der Waals surface area contributed by atoms with Gasteiger partial charge in [-0.2, -0.15) is 0 Å². The van der Waals surface area contributed by atoms with Crippen molar-refractivity contribution in [2.24, 2.45) is 0 Å². The third-order valence-corrected chi connectivity index (χ3v) is 9.48. The molecule has 2 aromatic heterocycles. The number of anilines is 1. The van der Waals surface area contributed by atoms with Gasteiger partial charge in [-0.3, -0.25) is 0 Å². The highest BCUT2D eigenvalue weighted by atomic mass is 35.5. The largest absolute Gasteiger partial charge is 0.497 e. The van der Waals surface area contributed by atoms with Gasteiger partial charge in [-0.1, -0.05) is 58.7 Å². The van der Waals surface area contributed by atoms with Crippen LogP contribution in [0, 0.1) is 12.7 Å². The monoisotopic (exact) mass is 647 g/mol. The van der Waals surface area contributed by atoms with Crippen LogP contribution in [-0.4, -0.2) is 25.7 Å². The van der Waals surface area contributed by atoms with Crippen molar-refractivity contribution < 1.29 is 22.1 Å². The Bertz CT molecular complexity index is 2110. The van der Waals surface area contributed by atoms with E-state index in [0.29, 0.717) is 43.9 Å². The number of pyridine rings is 1. The smallest absolute Gasteiger partial charge is 0.265 e. The number of ether oxygens (including phenoxy) is 1. The summed E-state index contributed by atoms with van der Waals surface area (Å²) in [5.41, 5.74) is 4.13. The Morgan fingerprint density at radius 3 is 2.43 bits per heavy atom. The molecule has 2 heterocycles. The molecule has 6 aromatic rings. The van der Waals surface area contributed by atoms with E-state index >= 15 is 0 Å². The normalized spacial score (nSPS) is 11.6. The predicted octanol–water partition coefficient (Wildman–Crippen LogP) is 8.72. The lowest BCUT2D eigenvalue weighted by Crippen LogP contribution is -2.30. The zero-order valence-electron chi connectivity index (χ0n) is 23.5. The molecule has 0 amide bonds. The maximum atomic E-state index is 14.1. The Morgan fingerprint density at radius 2 is 1.73 bits per heavy atom. The Kier molecular flexibility index (Phi) is 8.02. The number of aromatic nitrogens is 2. The zero-order chi connectivity index (χ0) is 31.0. The number of benzene rings is 4. The Morgan fingerprint density at radius 1 is 0.932 bits per heavy atom. The third kappa shape index (κ3) is 5.74. The maximum Gasteiger partial charge on any atom is 0.265 e. The molecule has 0 spiro atoms. The quantitative estimate of drug-likeness (QED) is 0.154. The summed E-state index contributed by atoms with van der Waals surface area (Å²) in [4.78, 5) is 4.62. The van der Waals surface area contributed by atoms with Gasteiger partial charge >= 0.3 is 0 Å². The highest BCUT2D eigenvalue weighted by Crippen LogP contribution is 2.38. The van der Waals surface area contributed by atoms with Crippen molar-refractivity contribution >= 4 is 49.8 Å². The van der Waals surface area contributed by atoms with Crippen LogP contribution in [0.15, 0.2) is 107 Å². The van der Waals surface area contributed by atoms with Crippen LogP contribution in [0.5, 0.6) is 5.75 Å². The van der Waals surface area contributed by atoms with Gasteiger partial charge < -0.3 is 9.26 Å². The van der Waals surface area contributed by atoms with Crippen LogP contribution >= 0.6 is 23.2 Å². The van der Waals surface area contributed by atoms with Crippen LogP contribution in [0.3, 0.4) is 0 Å². The minimum Gasteiger partial charge on any atom is -0.497 e. The van der Waals surface area contributed by atoms with Gasteiger partial charge in [0.2, 0.25) is 0 Å². The Labute approximate surface area is 263 Å². The van der Waals surface area contributed by atoms with Crippen molar-refractivity contribution in [1.29, 1.82) is 0 Å². The van der Waals surface area contributed by atoms with Gasteiger partial charge in [0, 0.05) is 27.6 Å². The average molecular weight is 649 g/mol. The molecular weight excluding hydrogens is 624 g/mol. The van der Waals surface area contributed by atoms with Gasteiger partial charge in [-0.05, 0) is 83.6 Å². The van der Waals surface area contributed by atoms with Crippen LogP contribution in [0.4, 0.5) is 10.2 Å². The number of methoxy groups -OCH3 is 1. The van der Waals surface area contributed by atoms with E-state index in [1.165, 1.54) is 34.8 Å². The number of hydrogen-bond acceptors (Lipinski definition) is 6. The number of rotatable bonds is 8. The molecule has 0 aliphatic rings. The zero-order valence-corrected chi connectivity index (χ0v) is 25.8. The second-order valence-electron chi connectivity index (χ2n) is 10.1. The van der Waals surface area contributed by atoms with Gasteiger partial charge in [0.1, 0.15) is 23.0 Å². The number of halogens is 3. The van der Waals surface area contributed by atoms with Gasteiger partial charge in [0.15, 0.2) is 5.82 Å². The van der Waals surface area contributed by atoms with Crippen molar-refractivity contribution in [3.63, 3.8) is 0 Å². The number of fused-ring (bicyclic) bond motifs is 1. The first-order chi connectivity index (χ1) is 21.1. The Balaban J connectivity index is 1.42. The summed E-state index contributed by atoms with van der Waals surface area (Å²) in [5, 5.41) is 5.73. The van der Waals surface area contributed by atoms with E-state index in [4.69, 9.17) is 32.5 Å². The summed E-state index contributed by atoms with van der Waals surface area (Å²) in [7, 11) is -2.55. The lowest BCUT2D eigenvalue weighted by molar-refractivity contribution is 0.414. The van der Waals surface area contributed by atoms with Crippen molar-refractivity contribution in [3.05, 3.63) is 124 Å². The summed E-state index contributed by atoms with van der Waals surface area (Å²) >= 11 is 13.2. The molecule has 0 unspecified atom stereocenters. The van der Waals surface area contributed by atoms with E-state index < -0.39 is 10.0 Å². The van der Waals surface area contributed by atoms with Crippen LogP contribution in [0.1, 0.15) is 11.1 Å². The van der Waals surface area contributed by atoms with Crippen LogP contribution < -0.4 is 9.04 Å². The first-order valence-corrected chi connectivity index (χ1v) is 15.6. The van der Waals surface area contributed by atoms with Crippen LogP contribution in [0.25, 0.3) is 33.2 Å². The molecule has 0 aliphatic heterocycles. The molecule has 0 N–H and O–H groups in total. The summed E-state index contributed by atoms with van der Waals surface area (Å²) in [6.45, 7) is 1.91. The molecule has 0 bridgehead atoms. The van der Waals surface area contributed by atoms with Gasteiger partial charge in [0.25, 0.3) is 10.0 Å². The van der Waals surface area contributed by atoms with Crippen LogP contribution in [-0.2, 0) is 16.6 Å². The molecule has 4 aromatic carbocycles. The summed E-state index contributed by atoms with van der Waals surface area (Å²) < 4.78 is 53.4. The summed E-state index contributed by atoms with van der Waals surface area (Å²) in [6, 6.07) is 24.8. The number of sulfonamides is 1. The molecule has 0 radical (unpaired) electrons. The fourth-order valence-electron chi connectivity index (χ4n) is 5.03. The van der Waals surface area contributed by atoms with E-state index in [9.17, 15) is 12.8 Å². The molecule has 0 saturated carbocycles. The van der Waals surface area contributed by atoms with E-state index in [0.717, 1.165) is 11.1 Å². The lowest BCUT2D eigenvalue weighted by atomic mass is 9.95. The highest BCUT2D eigenvalue weighted by molar-refractivity contribution is 7.92. The van der Waals surface area contributed by atoms with E-state index in [1.807, 2.05) is 13.0 Å². The molecule has 11 heteroatoms. The topological polar surface area (TPSA) is 85.5 Å². The third-order valence-electron chi connectivity index (χ3n) is 7.23. The maximum absolute atomic E-state index is 14.1. The molecule has 44 heavy (non-hydrogen) atoms. The van der Waals surface area contributed by atoms with Crippen molar-refractivity contribution in [3.8, 4) is 28.1 Å². The fraction of sp³-hybridized carbons (Fsp3) is 0.0909. The number of hydrogen-bond donors (Lipinski definition) is 0. The SMILES string of the molecule is COc1ccc(CN(c2ccon2)S(=O)(=O)c2ccc3c(-c4cc(Cl)c(-c5cccc(F)c5)cc4C)nc(Cl)cc3c2)cc1. The summed E-state index contributed by atoms with van der Waals surface area (Å²) in [6.07, 6.45) is 1.32. The second-order valence-corrected chi connectivity index (χ2v) is 12.7. The molecule has 222 valence electrons. The molecule has 7 nitrogen and oxygen atoms in total. The first kappa shape index (κ1) is 29.6. The van der Waals surface area contributed by atoms with Crippen molar-refractivity contribution in [2.45, 2.75) is 18.4 Å². The second kappa shape index (κ2) is 11.9. The fourth-order valence-corrected chi connectivity index (χ4v) is 6.94. The number of nitrogens with zero attached hydrogens (tertiary/aromatic N) is 3. The number of aryl methyl sites for hydroxylation is 1. The van der Waals surface area contributed by atoms with Crippen LogP contribution in [0.2, 0.25) is 10.2 Å². The molecule has 0 fully saturated rings. The molecule has 0 saturated heterocycles. The van der Waals surface area contributed by atoms with Crippen molar-refractivity contribution in [2.75, 3.05) is 11.4 Å². The average Bonchev–Trinajstić information content (AvgIpc) is 3.55. The lowest BCUT2D eigenvalue weighted by Gasteiger charge is -2.22. The summed E-state index contributed by atoms with van der Waals surface area (Å²) in [5.74, 6) is 0.429. The van der Waals surface area contributed by atoms with E-state index in [-0.39, 0.29) is 28.2 Å². The molecule has 0 atom stereocenters. The standard InChI is InChI=1S/C33H24Cl2FN3O4S/c1-20-14-29(22-4-3-5-24(36)15-22)30(34)18-28(20)33-27-11-10-26(16-23(27)17-31(35)37-33)44(40,41)39(32-12-13-43-38-32)19-21-6-8-25(42-2)9-7-21/h3-18H,19H2,1-2H3. The molecule has 6 rings (SSSR count). The van der Waals surface area contributed by atoms with Gasteiger partial charge in [0.05, 0.1) is 24.2 Å². The van der Waals surface area contributed by atoms with E-state index in [1.54, 1.807) is 67.8 Å². The highest BCUT2D eigenvalue weighted by Gasteiger charge is 2.28. The van der Waals surface area contributed by atoms with Gasteiger partial charge in [-0.25, -0.2) is 22.1 Å². The minimum absolute atomic E-state index is 0.00854. The minimum atomic E-state index is -4.11. The van der Waals surface area contributed by atoms with Crippen molar-refractivity contribution in [1.82, 2.24) is 10.1 Å². The van der Waals surface area contributed by atoms with E-state index in [2.05, 4.69) is 10.1 Å². The van der Waals surface area contributed by atoms with Gasteiger partial charge in [-0.15, -0.1) is 0 Å².